The number of nitrogens with two attached hydrogens (primary N) is 1. The highest BCUT2D eigenvalue weighted by Crippen LogP contribution is 1.93. The Morgan fingerprint density at radius 1 is 1.00 bits per heavy atom. The van der Waals surface area contributed by atoms with Gasteiger partial charge in [0.05, 0.1) is 6.42 Å². The van der Waals surface area contributed by atoms with Crippen molar-refractivity contribution in [2.45, 2.75) is 31.3 Å². The van der Waals surface area contributed by atoms with Gasteiger partial charge in [-0.15, -0.1) is 0 Å². The molecule has 0 bridgehead atoms. The van der Waals surface area contributed by atoms with Crippen molar-refractivity contribution in [2.24, 2.45) is 5.73 Å². The van der Waals surface area contributed by atoms with Crippen molar-refractivity contribution in [3.63, 3.8) is 0 Å². The summed E-state index contributed by atoms with van der Waals surface area (Å²) in [5, 5.41) is 35.1. The van der Waals surface area contributed by atoms with Crippen LogP contribution in [0.4, 0.5) is 0 Å². The van der Waals surface area contributed by atoms with Crippen LogP contribution in [0.15, 0.2) is 0 Å². The number of carboxylic acid groups (broad SMARTS) is 4. The van der Waals surface area contributed by atoms with Crippen molar-refractivity contribution in [3.8, 4) is 0 Å². The van der Waals surface area contributed by atoms with Crippen LogP contribution in [0.5, 0.6) is 0 Å². The van der Waals surface area contributed by atoms with Gasteiger partial charge in [0, 0.05) is 6.42 Å². The molecule has 7 N–H and O–H groups in total. The van der Waals surface area contributed by atoms with E-state index >= 15 is 0 Å². The van der Waals surface area contributed by atoms with Crippen molar-refractivity contribution >= 4 is 23.9 Å². The van der Waals surface area contributed by atoms with Crippen LogP contribution < -0.4 is 11.1 Å². The van der Waals surface area contributed by atoms with Crippen molar-refractivity contribution in [2.75, 3.05) is 7.05 Å². The minimum Gasteiger partial charge on any atom is -0.481 e. The van der Waals surface area contributed by atoms with Gasteiger partial charge in [0.1, 0.15) is 12.1 Å². The molecular weight excluding hydrogens is 276 g/mol. The van der Waals surface area contributed by atoms with E-state index in [9.17, 15) is 19.2 Å². The number of aliphatic carboxylic acids is 4. The minimum absolute atomic E-state index is 0.0231. The molecule has 0 amide bonds. The minimum atomic E-state index is -1.17. The first kappa shape index (κ1) is 20.1. The summed E-state index contributed by atoms with van der Waals surface area (Å²) in [7, 11) is 1.40. The highest BCUT2D eigenvalue weighted by atomic mass is 16.4. The lowest BCUT2D eigenvalue weighted by molar-refractivity contribution is -0.145. The molecule has 0 spiro atoms. The molecule has 2 atom stereocenters. The smallest absolute Gasteiger partial charge is 0.321 e. The fraction of sp³-hybridized carbons (Fsp3) is 0.600. The van der Waals surface area contributed by atoms with Crippen LogP contribution in [0, 0.1) is 0 Å². The van der Waals surface area contributed by atoms with E-state index in [0.717, 1.165) is 0 Å². The number of hydrogen-bond donors (Lipinski definition) is 6. The topological polar surface area (TPSA) is 187 Å². The van der Waals surface area contributed by atoms with Crippen LogP contribution in [0.1, 0.15) is 19.3 Å². The summed E-state index contributed by atoms with van der Waals surface area (Å²) in [6, 6.07) is -2.05. The molecule has 10 nitrogen and oxygen atoms in total. The quantitative estimate of drug-likeness (QED) is 0.304. The van der Waals surface area contributed by atoms with Gasteiger partial charge in [0.15, 0.2) is 0 Å². The molecule has 0 saturated carbocycles. The number of hydrogen-bond acceptors (Lipinski definition) is 6. The number of likely N-dealkylation sites (N-methyl/N-ethyl adjacent to an activating group) is 1. The summed E-state index contributed by atoms with van der Waals surface area (Å²) in [4.78, 5) is 40.0. The van der Waals surface area contributed by atoms with E-state index in [4.69, 9.17) is 26.2 Å². The molecule has 0 radical (unpaired) electrons. The maximum atomic E-state index is 10.1. The standard InChI is InChI=1S/2C5H9NO4/c1-6-3(5(9)10)2-4(7)8;6-3(5(9)10)1-2-4(7)8/h3,6H,2H2,1H3,(H,7,8)(H,9,10);3H,1-2,6H2,(H,7,8)(H,9,10)/t2*3-/m00/s1. The second-order valence-corrected chi connectivity index (χ2v) is 3.65. The summed E-state index contributed by atoms with van der Waals surface area (Å²) in [6.07, 6.45) is -0.621. The van der Waals surface area contributed by atoms with E-state index < -0.39 is 42.4 Å². The molecule has 20 heavy (non-hydrogen) atoms. The van der Waals surface area contributed by atoms with Crippen LogP contribution >= 0.6 is 0 Å². The van der Waals surface area contributed by atoms with Gasteiger partial charge in [-0.1, -0.05) is 0 Å². The Kier molecular flexibility index (Phi) is 10.8. The first-order chi connectivity index (χ1) is 9.11. The van der Waals surface area contributed by atoms with Crippen LogP contribution in [0.2, 0.25) is 0 Å². The lowest BCUT2D eigenvalue weighted by Gasteiger charge is -2.06. The molecule has 0 rings (SSSR count). The Hall–Kier alpha value is -2.20. The Morgan fingerprint density at radius 2 is 1.50 bits per heavy atom. The molecule has 0 aliphatic rings. The predicted molar refractivity (Wildman–Crippen MR) is 65.2 cm³/mol. The lowest BCUT2D eigenvalue weighted by Crippen LogP contribution is -2.35. The molecule has 0 aromatic heterocycles. The van der Waals surface area contributed by atoms with E-state index in [1.165, 1.54) is 7.05 Å². The summed E-state index contributed by atoms with van der Waals surface area (Å²) in [5.41, 5.74) is 5.00. The van der Waals surface area contributed by atoms with Crippen molar-refractivity contribution in [1.29, 1.82) is 0 Å². The van der Waals surface area contributed by atoms with E-state index in [2.05, 4.69) is 5.32 Å². The first-order valence-electron chi connectivity index (χ1n) is 5.43. The van der Waals surface area contributed by atoms with E-state index in [0.29, 0.717) is 0 Å². The van der Waals surface area contributed by atoms with Gasteiger partial charge in [-0.05, 0) is 13.5 Å². The Bertz CT molecular complexity index is 357. The van der Waals surface area contributed by atoms with Crippen molar-refractivity contribution in [3.05, 3.63) is 0 Å². The van der Waals surface area contributed by atoms with Crippen molar-refractivity contribution in [1.82, 2.24) is 5.32 Å². The molecule has 10 heteroatoms. The van der Waals surface area contributed by atoms with Gasteiger partial charge in [0.2, 0.25) is 0 Å². The third-order valence-electron chi connectivity index (χ3n) is 2.01. The molecule has 0 aliphatic heterocycles. The van der Waals surface area contributed by atoms with Crippen LogP contribution in [-0.4, -0.2) is 63.4 Å². The lowest BCUT2D eigenvalue weighted by atomic mass is 10.2. The number of nitrogens with one attached hydrogen (secondary N) is 1. The van der Waals surface area contributed by atoms with Crippen LogP contribution in [0.3, 0.4) is 0 Å². The van der Waals surface area contributed by atoms with E-state index in [-0.39, 0.29) is 12.8 Å². The largest absolute Gasteiger partial charge is 0.481 e. The van der Waals surface area contributed by atoms with Crippen LogP contribution in [-0.2, 0) is 19.2 Å². The van der Waals surface area contributed by atoms with Gasteiger partial charge < -0.3 is 31.5 Å². The molecule has 0 saturated heterocycles. The van der Waals surface area contributed by atoms with E-state index in [1.807, 2.05) is 0 Å². The van der Waals surface area contributed by atoms with Gasteiger partial charge in [-0.3, -0.25) is 19.2 Å². The highest BCUT2D eigenvalue weighted by Gasteiger charge is 2.17. The van der Waals surface area contributed by atoms with Gasteiger partial charge in [-0.25, -0.2) is 0 Å². The first-order valence-corrected chi connectivity index (χ1v) is 5.43. The third kappa shape index (κ3) is 12.3. The molecule has 0 aromatic carbocycles. The third-order valence-corrected chi connectivity index (χ3v) is 2.01. The fourth-order valence-corrected chi connectivity index (χ4v) is 0.890. The summed E-state index contributed by atoms with van der Waals surface area (Å²) in [5.74, 6) is -4.47. The second kappa shape index (κ2) is 10.7. The second-order valence-electron chi connectivity index (χ2n) is 3.65. The molecule has 0 aliphatic carbocycles. The van der Waals surface area contributed by atoms with Gasteiger partial charge in [-0.2, -0.15) is 0 Å². The number of carbonyl (C=O) groups is 4. The average molecular weight is 294 g/mol. The maximum Gasteiger partial charge on any atom is 0.321 e. The van der Waals surface area contributed by atoms with Gasteiger partial charge in [0.25, 0.3) is 0 Å². The molecule has 0 heterocycles. The Labute approximate surface area is 114 Å². The summed E-state index contributed by atoms with van der Waals surface area (Å²) in [6.45, 7) is 0. The Balaban J connectivity index is 0. The summed E-state index contributed by atoms with van der Waals surface area (Å²) < 4.78 is 0. The zero-order valence-electron chi connectivity index (χ0n) is 10.8. The highest BCUT2D eigenvalue weighted by molar-refractivity contribution is 5.80. The predicted octanol–water partition coefficient (Wildman–Crippen LogP) is -1.60. The average Bonchev–Trinajstić information content (AvgIpc) is 2.32. The van der Waals surface area contributed by atoms with Crippen molar-refractivity contribution < 1.29 is 39.6 Å². The number of rotatable bonds is 8. The monoisotopic (exact) mass is 294 g/mol. The van der Waals surface area contributed by atoms with Crippen LogP contribution in [0.25, 0.3) is 0 Å². The molecular formula is C10H18N2O8. The number of carboxylic acids is 4. The zero-order valence-corrected chi connectivity index (χ0v) is 10.8. The molecule has 0 fully saturated rings. The molecule has 116 valence electrons. The molecule has 0 aromatic rings. The normalized spacial score (nSPS) is 12.5. The fourth-order valence-electron chi connectivity index (χ4n) is 0.890. The Morgan fingerprint density at radius 3 is 1.70 bits per heavy atom. The zero-order chi connectivity index (χ0) is 16.3. The van der Waals surface area contributed by atoms with E-state index in [1.54, 1.807) is 0 Å². The SMILES string of the molecule is CN[C@@H](CC(=O)O)C(=O)O.N[C@@H](CCC(=O)O)C(=O)O. The maximum absolute atomic E-state index is 10.1. The van der Waals surface area contributed by atoms with Gasteiger partial charge >= 0.3 is 23.9 Å². The summed E-state index contributed by atoms with van der Waals surface area (Å²) >= 11 is 0. The molecule has 0 unspecified atom stereocenters.